The number of hydrogen-bond donors (Lipinski definition) is 0. The van der Waals surface area contributed by atoms with E-state index in [9.17, 15) is 14.4 Å². The van der Waals surface area contributed by atoms with Crippen molar-refractivity contribution in [2.24, 2.45) is 0 Å². The Balaban J connectivity index is 4.10. The third-order valence-corrected chi connectivity index (χ3v) is 16.6. The van der Waals surface area contributed by atoms with E-state index in [4.69, 9.17) is 14.2 Å². The first kappa shape index (κ1) is 79.4. The molecule has 0 rings (SSSR count). The van der Waals surface area contributed by atoms with Gasteiger partial charge in [-0.3, -0.25) is 14.4 Å². The number of hydrogen-bond acceptors (Lipinski definition) is 6. The molecule has 480 valence electrons. The van der Waals surface area contributed by atoms with Crippen LogP contribution in [0.1, 0.15) is 400 Å². The average molecular weight is 1150 g/mol. The Bertz CT molecular complexity index is 1410. The van der Waals surface area contributed by atoms with E-state index in [0.717, 1.165) is 103 Å². The van der Waals surface area contributed by atoms with E-state index in [0.29, 0.717) is 19.3 Å². The average Bonchev–Trinajstić information content (AvgIpc) is 3.47. The van der Waals surface area contributed by atoms with Gasteiger partial charge in [-0.05, 0) is 77.0 Å². The Morgan fingerprint density at radius 2 is 0.451 bits per heavy atom. The van der Waals surface area contributed by atoms with Crippen LogP contribution < -0.4 is 0 Å². The Kier molecular flexibility index (Phi) is 68.6. The predicted molar refractivity (Wildman–Crippen MR) is 358 cm³/mol. The molecular formula is C76H140O6. The first-order chi connectivity index (χ1) is 40.5. The van der Waals surface area contributed by atoms with Crippen molar-refractivity contribution in [3.63, 3.8) is 0 Å². The maximum absolute atomic E-state index is 12.9. The van der Waals surface area contributed by atoms with Gasteiger partial charge in [0.2, 0.25) is 0 Å². The number of carbonyl (C=O) groups is 3. The molecule has 6 heteroatoms. The summed E-state index contributed by atoms with van der Waals surface area (Å²) in [6, 6.07) is 0. The van der Waals surface area contributed by atoms with Gasteiger partial charge in [0.05, 0.1) is 0 Å². The zero-order chi connectivity index (χ0) is 59.2. The molecule has 0 amide bonds. The summed E-state index contributed by atoms with van der Waals surface area (Å²) in [5.74, 6) is -0.886. The Morgan fingerprint density at radius 1 is 0.244 bits per heavy atom. The van der Waals surface area contributed by atoms with Crippen LogP contribution in [0, 0.1) is 0 Å². The number of allylic oxidation sites excluding steroid dienone is 8. The molecule has 0 aromatic rings. The second kappa shape index (κ2) is 70.9. The largest absolute Gasteiger partial charge is 0.462 e. The molecule has 0 bridgehead atoms. The summed E-state index contributed by atoms with van der Waals surface area (Å²) < 4.78 is 16.9. The molecule has 0 radical (unpaired) electrons. The van der Waals surface area contributed by atoms with Crippen LogP contribution in [-0.2, 0) is 28.6 Å². The fourth-order valence-electron chi connectivity index (χ4n) is 11.0. The Labute approximate surface area is 511 Å². The van der Waals surface area contributed by atoms with E-state index in [1.165, 1.54) is 257 Å². The number of unbranched alkanes of at least 4 members (excludes halogenated alkanes) is 49. The van der Waals surface area contributed by atoms with Crippen LogP contribution in [0.15, 0.2) is 48.6 Å². The van der Waals surface area contributed by atoms with Crippen molar-refractivity contribution >= 4 is 17.9 Å². The maximum Gasteiger partial charge on any atom is 0.306 e. The summed E-state index contributed by atoms with van der Waals surface area (Å²) >= 11 is 0. The van der Waals surface area contributed by atoms with Gasteiger partial charge in [0.15, 0.2) is 6.10 Å². The van der Waals surface area contributed by atoms with E-state index >= 15 is 0 Å². The monoisotopic (exact) mass is 1150 g/mol. The first-order valence-electron chi connectivity index (χ1n) is 36.6. The van der Waals surface area contributed by atoms with Crippen molar-refractivity contribution in [2.75, 3.05) is 13.2 Å². The third kappa shape index (κ3) is 68.2. The van der Waals surface area contributed by atoms with Gasteiger partial charge in [-0.15, -0.1) is 0 Å². The van der Waals surface area contributed by atoms with Crippen molar-refractivity contribution in [2.45, 2.75) is 406 Å². The van der Waals surface area contributed by atoms with Crippen molar-refractivity contribution in [3.05, 3.63) is 48.6 Å². The minimum Gasteiger partial charge on any atom is -0.462 e. The zero-order valence-corrected chi connectivity index (χ0v) is 55.3. The summed E-state index contributed by atoms with van der Waals surface area (Å²) in [6.07, 6.45) is 90.3. The zero-order valence-electron chi connectivity index (χ0n) is 55.3. The highest BCUT2D eigenvalue weighted by atomic mass is 16.6. The fraction of sp³-hybridized carbons (Fsp3) is 0.855. The van der Waals surface area contributed by atoms with E-state index in [1.807, 2.05) is 0 Å². The molecule has 0 spiro atoms. The lowest BCUT2D eigenvalue weighted by atomic mass is 10.0. The van der Waals surface area contributed by atoms with Gasteiger partial charge in [0, 0.05) is 19.3 Å². The minimum absolute atomic E-state index is 0.0800. The topological polar surface area (TPSA) is 78.9 Å². The van der Waals surface area contributed by atoms with Gasteiger partial charge in [0.1, 0.15) is 13.2 Å². The lowest BCUT2D eigenvalue weighted by Crippen LogP contribution is -2.30. The van der Waals surface area contributed by atoms with Gasteiger partial charge < -0.3 is 14.2 Å². The lowest BCUT2D eigenvalue weighted by molar-refractivity contribution is -0.167. The van der Waals surface area contributed by atoms with E-state index in [2.05, 4.69) is 69.4 Å². The molecule has 0 aliphatic carbocycles. The molecule has 0 saturated carbocycles. The summed E-state index contributed by atoms with van der Waals surface area (Å²) in [5, 5.41) is 0. The molecule has 6 nitrogen and oxygen atoms in total. The van der Waals surface area contributed by atoms with Gasteiger partial charge in [-0.2, -0.15) is 0 Å². The molecular weight excluding hydrogens is 1010 g/mol. The highest BCUT2D eigenvalue weighted by Crippen LogP contribution is 2.19. The molecule has 0 aromatic heterocycles. The molecule has 0 aliphatic heterocycles. The van der Waals surface area contributed by atoms with Gasteiger partial charge in [0.25, 0.3) is 0 Å². The number of carbonyl (C=O) groups excluding carboxylic acids is 3. The number of esters is 3. The molecule has 1 atom stereocenters. The highest BCUT2D eigenvalue weighted by Gasteiger charge is 2.19. The second-order valence-electron chi connectivity index (χ2n) is 24.9. The summed E-state index contributed by atoms with van der Waals surface area (Å²) in [6.45, 7) is 6.62. The molecule has 0 N–H and O–H groups in total. The molecule has 0 heterocycles. The molecule has 82 heavy (non-hydrogen) atoms. The molecule has 0 aromatic carbocycles. The molecule has 1 unspecified atom stereocenters. The van der Waals surface area contributed by atoms with Crippen LogP contribution in [-0.4, -0.2) is 37.2 Å². The normalized spacial score (nSPS) is 12.3. The Hall–Kier alpha value is -2.63. The van der Waals surface area contributed by atoms with Crippen LogP contribution in [0.2, 0.25) is 0 Å². The van der Waals surface area contributed by atoms with Gasteiger partial charge in [-0.25, -0.2) is 0 Å². The number of rotatable bonds is 68. The van der Waals surface area contributed by atoms with Crippen LogP contribution >= 0.6 is 0 Å². The van der Waals surface area contributed by atoms with Gasteiger partial charge in [-0.1, -0.05) is 352 Å². The number of ether oxygens (including phenoxy) is 3. The van der Waals surface area contributed by atoms with Gasteiger partial charge >= 0.3 is 17.9 Å². The smallest absolute Gasteiger partial charge is 0.306 e. The fourth-order valence-corrected chi connectivity index (χ4v) is 11.0. The predicted octanol–water partition coefficient (Wildman–Crippen LogP) is 25.3. The quantitative estimate of drug-likeness (QED) is 0.0261. The molecule has 0 aliphatic rings. The summed E-state index contributed by atoms with van der Waals surface area (Å²) in [7, 11) is 0. The van der Waals surface area contributed by atoms with Crippen molar-refractivity contribution < 1.29 is 28.6 Å². The molecule has 0 fully saturated rings. The van der Waals surface area contributed by atoms with E-state index in [1.54, 1.807) is 0 Å². The van der Waals surface area contributed by atoms with Crippen LogP contribution in [0.25, 0.3) is 0 Å². The van der Waals surface area contributed by atoms with Crippen LogP contribution in [0.4, 0.5) is 0 Å². The Morgan fingerprint density at radius 3 is 0.720 bits per heavy atom. The van der Waals surface area contributed by atoms with Crippen LogP contribution in [0.5, 0.6) is 0 Å². The molecule has 0 saturated heterocycles. The minimum atomic E-state index is -0.786. The van der Waals surface area contributed by atoms with Crippen molar-refractivity contribution in [1.82, 2.24) is 0 Å². The summed E-state index contributed by atoms with van der Waals surface area (Å²) in [5.41, 5.74) is 0. The van der Waals surface area contributed by atoms with E-state index < -0.39 is 6.10 Å². The SMILES string of the molecule is CCCC/C=C\C/C=C\CCCCCCCC(=O)OCC(COC(=O)CCCCCCCCCCCCCCCCCCCCCCCCCCCCCCCCCCCC)OC(=O)CCCCCCC/C=C\C/C=C\CCCCCC. The standard InChI is InChI=1S/C76H140O6/c1-4-7-10-13-16-19-22-25-28-30-31-32-33-34-35-36-37-38-39-40-41-42-43-44-45-46-47-49-51-54-57-60-63-66-69-75(78)81-72-73(71-80-74(77)68-65-62-59-56-53-50-27-24-21-18-15-12-9-6-3)82-76(79)70-67-64-61-58-55-52-48-29-26-23-20-17-14-11-8-5-2/h15,18,20,23-24,27,29,48,73H,4-14,16-17,19,21-22,25-26,28,30-47,49-72H2,1-3H3/b18-15-,23-20-,27-24-,48-29-. The van der Waals surface area contributed by atoms with E-state index in [-0.39, 0.29) is 31.1 Å². The highest BCUT2D eigenvalue weighted by molar-refractivity contribution is 5.71. The third-order valence-electron chi connectivity index (χ3n) is 16.6. The first-order valence-corrected chi connectivity index (χ1v) is 36.6. The van der Waals surface area contributed by atoms with Crippen molar-refractivity contribution in [3.8, 4) is 0 Å². The summed E-state index contributed by atoms with van der Waals surface area (Å²) in [4.78, 5) is 38.4. The lowest BCUT2D eigenvalue weighted by Gasteiger charge is -2.18. The second-order valence-corrected chi connectivity index (χ2v) is 24.9. The van der Waals surface area contributed by atoms with Crippen molar-refractivity contribution in [1.29, 1.82) is 0 Å². The maximum atomic E-state index is 12.9. The van der Waals surface area contributed by atoms with Crippen LogP contribution in [0.3, 0.4) is 0 Å².